The minimum Gasteiger partial charge on any atom is -0.491 e. The van der Waals surface area contributed by atoms with E-state index < -0.39 is 12.2 Å². The van der Waals surface area contributed by atoms with Crippen molar-refractivity contribution in [1.29, 1.82) is 0 Å². The lowest BCUT2D eigenvalue weighted by atomic mass is 10.3. The number of ether oxygens (including phenoxy) is 2. The molecular weight excluding hydrogens is 308 g/mol. The Hall–Kier alpha value is -1.34. The van der Waals surface area contributed by atoms with Gasteiger partial charge in [-0.15, -0.1) is 0 Å². The molecule has 0 aliphatic carbocycles. The molecule has 1 aromatic carbocycles. The first-order valence-corrected chi connectivity index (χ1v) is 8.75. The van der Waals surface area contributed by atoms with Gasteiger partial charge in [-0.1, -0.05) is 6.07 Å². The van der Waals surface area contributed by atoms with Gasteiger partial charge in [0.1, 0.15) is 50.0 Å². The Labute approximate surface area is 145 Å². The number of benzene rings is 1. The molecule has 1 aromatic rings. The van der Waals surface area contributed by atoms with Crippen LogP contribution in [0.15, 0.2) is 24.3 Å². The van der Waals surface area contributed by atoms with E-state index >= 15 is 0 Å². The van der Waals surface area contributed by atoms with Gasteiger partial charge in [0.2, 0.25) is 0 Å². The highest BCUT2D eigenvalue weighted by Gasteiger charge is 2.11. The third kappa shape index (κ3) is 9.72. The van der Waals surface area contributed by atoms with Crippen LogP contribution in [-0.4, -0.2) is 60.8 Å². The first-order valence-electron chi connectivity index (χ1n) is 8.75. The average Bonchev–Trinajstić information content (AvgIpc) is 2.54. The Kier molecular flexibility index (Phi) is 9.71. The number of aliphatic hydroxyl groups is 2. The SMILES string of the molecule is CC(C)[NH2+]C[C@@H](O)COc1cccc(OC[C@H](O)C[NH2+]C(C)C)c1. The maximum absolute atomic E-state index is 9.88. The summed E-state index contributed by atoms with van der Waals surface area (Å²) in [5.74, 6) is 1.30. The van der Waals surface area contributed by atoms with Gasteiger partial charge in [0.15, 0.2) is 0 Å². The molecule has 24 heavy (non-hydrogen) atoms. The number of nitrogens with two attached hydrogens (primary N) is 2. The largest absolute Gasteiger partial charge is 0.491 e. The molecule has 0 amide bonds. The summed E-state index contributed by atoms with van der Waals surface area (Å²) in [6, 6.07) is 8.18. The van der Waals surface area contributed by atoms with Crippen LogP contribution in [0.3, 0.4) is 0 Å². The van der Waals surface area contributed by atoms with Gasteiger partial charge in [-0.25, -0.2) is 0 Å². The molecule has 0 aliphatic rings. The Morgan fingerprint density at radius 1 is 0.833 bits per heavy atom. The second kappa shape index (κ2) is 11.3. The number of hydrogen-bond donors (Lipinski definition) is 4. The third-order valence-corrected chi connectivity index (χ3v) is 3.45. The van der Waals surface area contributed by atoms with Gasteiger partial charge < -0.3 is 30.3 Å². The zero-order valence-electron chi connectivity index (χ0n) is 15.3. The molecule has 0 heterocycles. The molecule has 0 bridgehead atoms. The summed E-state index contributed by atoms with van der Waals surface area (Å²) in [6.45, 7) is 10.1. The monoisotopic (exact) mass is 342 g/mol. The molecular formula is C18H34N2O4+2. The predicted molar refractivity (Wildman–Crippen MR) is 93.3 cm³/mol. The van der Waals surface area contributed by atoms with Crippen LogP contribution < -0.4 is 20.1 Å². The van der Waals surface area contributed by atoms with Crippen LogP contribution in [0.2, 0.25) is 0 Å². The standard InChI is InChI=1S/C18H32N2O4/c1-13(2)19-9-15(21)11-23-17-6-5-7-18(8-17)24-12-16(22)10-20-14(3)4/h5-8,13-16,19-22H,9-12H2,1-4H3/p+2/t15-,16-/m1/s1. The molecule has 6 nitrogen and oxygen atoms in total. The van der Waals surface area contributed by atoms with Crippen molar-refractivity contribution in [1.82, 2.24) is 0 Å². The normalized spacial score (nSPS) is 14.0. The number of aliphatic hydroxyl groups excluding tert-OH is 2. The summed E-state index contributed by atoms with van der Waals surface area (Å²) < 4.78 is 11.2. The minimum absolute atomic E-state index is 0.249. The van der Waals surface area contributed by atoms with E-state index in [0.717, 1.165) is 0 Å². The Balaban J connectivity index is 2.35. The highest BCUT2D eigenvalue weighted by Crippen LogP contribution is 2.19. The zero-order chi connectivity index (χ0) is 17.9. The molecule has 6 N–H and O–H groups in total. The second-order valence-corrected chi connectivity index (χ2v) is 6.84. The molecule has 0 aliphatic heterocycles. The summed E-state index contributed by atoms with van der Waals surface area (Å²) in [5, 5.41) is 23.9. The van der Waals surface area contributed by atoms with Crippen molar-refractivity contribution in [2.75, 3.05) is 26.3 Å². The van der Waals surface area contributed by atoms with E-state index in [2.05, 4.69) is 38.3 Å². The fourth-order valence-electron chi connectivity index (χ4n) is 2.03. The number of quaternary nitrogens is 2. The van der Waals surface area contributed by atoms with E-state index in [9.17, 15) is 10.2 Å². The predicted octanol–water partition coefficient (Wildman–Crippen LogP) is -0.890. The summed E-state index contributed by atoms with van der Waals surface area (Å²) >= 11 is 0. The van der Waals surface area contributed by atoms with Crippen LogP contribution in [0, 0.1) is 0 Å². The van der Waals surface area contributed by atoms with Crippen molar-refractivity contribution in [3.63, 3.8) is 0 Å². The van der Waals surface area contributed by atoms with Crippen molar-refractivity contribution >= 4 is 0 Å². The van der Waals surface area contributed by atoms with Crippen LogP contribution in [-0.2, 0) is 0 Å². The summed E-state index contributed by atoms with van der Waals surface area (Å²) in [5.41, 5.74) is 0. The van der Waals surface area contributed by atoms with Gasteiger partial charge in [0.05, 0.1) is 12.1 Å². The van der Waals surface area contributed by atoms with Gasteiger partial charge in [-0.05, 0) is 39.8 Å². The highest BCUT2D eigenvalue weighted by molar-refractivity contribution is 5.32. The van der Waals surface area contributed by atoms with Crippen LogP contribution >= 0.6 is 0 Å². The van der Waals surface area contributed by atoms with Crippen molar-refractivity contribution < 1.29 is 30.3 Å². The molecule has 138 valence electrons. The fraction of sp³-hybridized carbons (Fsp3) is 0.667. The summed E-state index contributed by atoms with van der Waals surface area (Å²) in [6.07, 6.45) is -1.02. The van der Waals surface area contributed by atoms with Gasteiger partial charge in [0, 0.05) is 6.07 Å². The van der Waals surface area contributed by atoms with E-state index in [1.54, 1.807) is 6.07 Å². The molecule has 0 spiro atoms. The van der Waals surface area contributed by atoms with Gasteiger partial charge in [-0.2, -0.15) is 0 Å². The van der Waals surface area contributed by atoms with Crippen LogP contribution in [0.5, 0.6) is 11.5 Å². The Bertz CT molecular complexity index is 417. The number of rotatable bonds is 12. The van der Waals surface area contributed by atoms with E-state index in [1.807, 2.05) is 18.2 Å². The lowest BCUT2D eigenvalue weighted by molar-refractivity contribution is -0.688. The minimum atomic E-state index is -0.509. The molecule has 0 radical (unpaired) electrons. The average molecular weight is 342 g/mol. The second-order valence-electron chi connectivity index (χ2n) is 6.84. The maximum Gasteiger partial charge on any atom is 0.137 e. The van der Waals surface area contributed by atoms with E-state index in [1.165, 1.54) is 0 Å². The van der Waals surface area contributed by atoms with Gasteiger partial charge >= 0.3 is 0 Å². The lowest BCUT2D eigenvalue weighted by Crippen LogP contribution is -2.90. The van der Waals surface area contributed by atoms with E-state index in [-0.39, 0.29) is 13.2 Å². The molecule has 6 heteroatoms. The molecule has 0 saturated heterocycles. The topological polar surface area (TPSA) is 92.1 Å². The Morgan fingerprint density at radius 2 is 1.25 bits per heavy atom. The van der Waals surface area contributed by atoms with Gasteiger partial charge in [-0.3, -0.25) is 0 Å². The molecule has 0 fully saturated rings. The van der Waals surface area contributed by atoms with Crippen LogP contribution in [0.25, 0.3) is 0 Å². The van der Waals surface area contributed by atoms with Gasteiger partial charge in [0.25, 0.3) is 0 Å². The van der Waals surface area contributed by atoms with Crippen LogP contribution in [0.4, 0.5) is 0 Å². The number of hydrogen-bond acceptors (Lipinski definition) is 4. The highest BCUT2D eigenvalue weighted by atomic mass is 16.5. The van der Waals surface area contributed by atoms with Crippen LogP contribution in [0.1, 0.15) is 27.7 Å². The summed E-state index contributed by atoms with van der Waals surface area (Å²) in [7, 11) is 0. The zero-order valence-corrected chi connectivity index (χ0v) is 15.3. The fourth-order valence-corrected chi connectivity index (χ4v) is 2.03. The smallest absolute Gasteiger partial charge is 0.137 e. The molecule has 2 atom stereocenters. The van der Waals surface area contributed by atoms with Crippen molar-refractivity contribution in [3.05, 3.63) is 24.3 Å². The summed E-state index contributed by atoms with van der Waals surface area (Å²) in [4.78, 5) is 0. The quantitative estimate of drug-likeness (QED) is 0.397. The Morgan fingerprint density at radius 3 is 1.62 bits per heavy atom. The van der Waals surface area contributed by atoms with E-state index in [4.69, 9.17) is 9.47 Å². The third-order valence-electron chi connectivity index (χ3n) is 3.45. The maximum atomic E-state index is 9.88. The molecule has 0 saturated carbocycles. The van der Waals surface area contributed by atoms with Crippen molar-refractivity contribution in [2.45, 2.75) is 52.0 Å². The van der Waals surface area contributed by atoms with Crippen molar-refractivity contribution in [3.8, 4) is 11.5 Å². The molecule has 1 rings (SSSR count). The molecule has 0 unspecified atom stereocenters. The van der Waals surface area contributed by atoms with E-state index in [0.29, 0.717) is 36.7 Å². The first-order chi connectivity index (χ1) is 11.4. The lowest BCUT2D eigenvalue weighted by Gasteiger charge is -2.15. The molecule has 0 aromatic heterocycles. The first kappa shape index (κ1) is 20.7. The van der Waals surface area contributed by atoms with Crippen molar-refractivity contribution in [2.24, 2.45) is 0 Å².